The van der Waals surface area contributed by atoms with Crippen LogP contribution in [0.1, 0.15) is 31.8 Å². The van der Waals surface area contributed by atoms with Gasteiger partial charge in [0.25, 0.3) is 32.1 Å². The lowest BCUT2D eigenvalue weighted by molar-refractivity contribution is 0.0729. The predicted molar refractivity (Wildman–Crippen MR) is 244 cm³/mol. The number of morpholine rings is 2. The normalized spacial score (nSPS) is 15.5. The van der Waals surface area contributed by atoms with Gasteiger partial charge >= 0.3 is 0 Å². The smallest absolute Gasteiger partial charge is 0.295 e. The Labute approximate surface area is 393 Å². The first-order chi connectivity index (χ1) is 32.2. The Bertz CT molecular complexity index is 2790. The molecule has 6 rings (SSSR count). The Morgan fingerprint density at radius 3 is 1.25 bits per heavy atom. The van der Waals surface area contributed by atoms with Gasteiger partial charge in [-0.1, -0.05) is 24.3 Å². The topological polar surface area (TPSA) is 297 Å². The predicted octanol–water partition coefficient (Wildman–Crippen LogP) is 2.95. The van der Waals surface area contributed by atoms with E-state index in [4.69, 9.17) is 28.4 Å². The number of rotatable bonds is 20. The zero-order chi connectivity index (χ0) is 49.3. The number of carbonyl (C=O) groups excluding carboxylic acids is 2. The Morgan fingerprint density at radius 1 is 0.544 bits per heavy atom. The standard InChI is InChI=1S/C42H48N4O18S4/c1-59-21-23-63-35-11-7-31(25-39(35)65(49,50)45-13-17-61-18-14-45)41(47)43-33-9-5-29(37(27-33)67(53,54)55)3-4-30-6-10-34(28-38(30)68(56,57)58)44-42(48)32-8-12-36(64-24-22-60-2)40(26-32)66(51,52)46-15-19-62-20-16-46/h3-12,25-28H,13-24H2,1-2H3,(H,43,47)(H,44,48)(H,53,54,55)(H,56,57,58). The number of methoxy groups -OCH3 is 2. The molecule has 4 aromatic carbocycles. The molecule has 2 aliphatic rings. The number of ether oxygens (including phenoxy) is 6. The van der Waals surface area contributed by atoms with Crippen LogP contribution in [0.3, 0.4) is 0 Å². The lowest BCUT2D eigenvalue weighted by Gasteiger charge is -2.27. The molecule has 0 aromatic heterocycles. The second kappa shape index (κ2) is 22.4. The van der Waals surface area contributed by atoms with Gasteiger partial charge in [0, 0.05) is 62.9 Å². The van der Waals surface area contributed by atoms with Crippen LogP contribution in [0.4, 0.5) is 11.4 Å². The van der Waals surface area contributed by atoms with E-state index in [1.807, 2.05) is 0 Å². The van der Waals surface area contributed by atoms with Crippen molar-refractivity contribution in [2.45, 2.75) is 19.6 Å². The first kappa shape index (κ1) is 52.0. The summed E-state index contributed by atoms with van der Waals surface area (Å²) in [5.41, 5.74) is -0.968. The summed E-state index contributed by atoms with van der Waals surface area (Å²) >= 11 is 0. The van der Waals surface area contributed by atoms with E-state index in [1.54, 1.807) is 0 Å². The van der Waals surface area contributed by atoms with Crippen molar-refractivity contribution in [3.63, 3.8) is 0 Å². The third kappa shape index (κ3) is 12.8. The van der Waals surface area contributed by atoms with E-state index in [9.17, 15) is 52.4 Å². The summed E-state index contributed by atoms with van der Waals surface area (Å²) in [5.74, 6) is -1.79. The molecule has 4 N–H and O–H groups in total. The number of nitrogens with one attached hydrogen (secondary N) is 2. The van der Waals surface area contributed by atoms with Crippen molar-refractivity contribution >= 4 is 75.6 Å². The van der Waals surface area contributed by atoms with Crippen molar-refractivity contribution in [2.24, 2.45) is 0 Å². The summed E-state index contributed by atoms with van der Waals surface area (Å²) < 4.78 is 160. The van der Waals surface area contributed by atoms with Crippen molar-refractivity contribution in [2.75, 3.05) is 104 Å². The molecule has 0 aliphatic carbocycles. The third-order valence-electron chi connectivity index (χ3n) is 10.2. The Kier molecular flexibility index (Phi) is 17.1. The molecule has 68 heavy (non-hydrogen) atoms. The van der Waals surface area contributed by atoms with Gasteiger partial charge < -0.3 is 39.1 Å². The van der Waals surface area contributed by atoms with Crippen molar-refractivity contribution in [1.29, 1.82) is 0 Å². The van der Waals surface area contributed by atoms with Crippen LogP contribution >= 0.6 is 0 Å². The quantitative estimate of drug-likeness (QED) is 0.0562. The SMILES string of the molecule is COCCOc1ccc(C(=O)Nc2ccc(C=Cc3ccc(NC(=O)c4ccc(OCCOC)c(S(=O)(=O)N5CCOCC5)c4)cc3S(=O)(=O)O)c(S(=O)(=O)O)c2)cc1S(=O)(=O)N1CCOCC1. The van der Waals surface area contributed by atoms with Crippen molar-refractivity contribution in [3.8, 4) is 11.5 Å². The maximum absolute atomic E-state index is 13.7. The van der Waals surface area contributed by atoms with E-state index in [0.717, 1.165) is 36.4 Å². The molecule has 26 heteroatoms. The van der Waals surface area contributed by atoms with Gasteiger partial charge in [0.15, 0.2) is 0 Å². The molecule has 0 bridgehead atoms. The molecular formula is C42H48N4O18S4. The first-order valence-corrected chi connectivity index (χ1v) is 26.2. The number of hydrogen-bond donors (Lipinski definition) is 4. The fourth-order valence-corrected chi connectivity index (χ4v) is 11.3. The summed E-state index contributed by atoms with van der Waals surface area (Å²) in [4.78, 5) is 24.9. The first-order valence-electron chi connectivity index (χ1n) is 20.5. The molecule has 0 radical (unpaired) electrons. The minimum Gasteiger partial charge on any atom is -0.490 e. The molecule has 2 saturated heterocycles. The van der Waals surface area contributed by atoms with Gasteiger partial charge in [0.2, 0.25) is 20.0 Å². The van der Waals surface area contributed by atoms with Crippen LogP contribution < -0.4 is 20.1 Å². The number of benzene rings is 4. The van der Waals surface area contributed by atoms with Crippen molar-refractivity contribution < 1.29 is 80.8 Å². The highest BCUT2D eigenvalue weighted by molar-refractivity contribution is 7.89. The summed E-state index contributed by atoms with van der Waals surface area (Å²) in [7, 11) is -15.5. The second-order valence-corrected chi connectivity index (χ2v) is 21.3. The molecule has 0 unspecified atom stereocenters. The number of anilines is 2. The summed E-state index contributed by atoms with van der Waals surface area (Å²) in [6, 6.07) is 14.1. The van der Waals surface area contributed by atoms with Crippen molar-refractivity contribution in [3.05, 3.63) is 95.1 Å². The van der Waals surface area contributed by atoms with Gasteiger partial charge in [0.05, 0.1) is 39.6 Å². The molecule has 0 atom stereocenters. The van der Waals surface area contributed by atoms with E-state index in [0.29, 0.717) is 0 Å². The number of carbonyl (C=O) groups is 2. The molecule has 2 amide bonds. The molecule has 0 saturated carbocycles. The Hall–Kier alpha value is -5.36. The van der Waals surface area contributed by atoms with E-state index >= 15 is 0 Å². The van der Waals surface area contributed by atoms with Gasteiger partial charge in [0.1, 0.15) is 44.3 Å². The molecule has 2 heterocycles. The molecule has 2 aliphatic heterocycles. The van der Waals surface area contributed by atoms with E-state index in [-0.39, 0.29) is 134 Å². The fourth-order valence-electron chi connectivity index (χ4n) is 6.79. The summed E-state index contributed by atoms with van der Waals surface area (Å²) in [5, 5.41) is 4.96. The number of nitrogens with zero attached hydrogens (tertiary/aromatic N) is 2. The van der Waals surface area contributed by atoms with Crippen LogP contribution in [0, 0.1) is 0 Å². The average Bonchev–Trinajstić information content (AvgIpc) is 3.31. The van der Waals surface area contributed by atoms with Crippen LogP contribution in [0.25, 0.3) is 12.2 Å². The molecular weight excluding hydrogens is 977 g/mol. The largest absolute Gasteiger partial charge is 0.490 e. The number of amides is 2. The maximum atomic E-state index is 13.7. The molecule has 368 valence electrons. The van der Waals surface area contributed by atoms with E-state index < -0.39 is 61.9 Å². The minimum absolute atomic E-state index is 0.00497. The van der Waals surface area contributed by atoms with E-state index in [2.05, 4.69) is 10.6 Å². The fraction of sp³-hybridized carbons (Fsp3) is 0.333. The van der Waals surface area contributed by atoms with Gasteiger partial charge in [-0.25, -0.2) is 16.8 Å². The van der Waals surface area contributed by atoms with Crippen LogP contribution in [0.15, 0.2) is 92.4 Å². The van der Waals surface area contributed by atoms with Crippen LogP contribution in [-0.2, 0) is 59.2 Å². The molecule has 2 fully saturated rings. The van der Waals surface area contributed by atoms with Gasteiger partial charge in [-0.2, -0.15) is 25.4 Å². The van der Waals surface area contributed by atoms with E-state index in [1.165, 1.54) is 71.4 Å². The maximum Gasteiger partial charge on any atom is 0.295 e. The second-order valence-electron chi connectivity index (χ2n) is 14.7. The van der Waals surface area contributed by atoms with Crippen LogP contribution in [0.5, 0.6) is 11.5 Å². The number of hydrogen-bond acceptors (Lipinski definition) is 16. The van der Waals surface area contributed by atoms with Gasteiger partial charge in [-0.3, -0.25) is 18.7 Å². The lowest BCUT2D eigenvalue weighted by Crippen LogP contribution is -2.40. The van der Waals surface area contributed by atoms with Crippen LogP contribution in [0.2, 0.25) is 0 Å². The number of sulfonamides is 2. The van der Waals surface area contributed by atoms with Crippen molar-refractivity contribution in [1.82, 2.24) is 8.61 Å². The van der Waals surface area contributed by atoms with Gasteiger partial charge in [-0.15, -0.1) is 0 Å². The zero-order valence-electron chi connectivity index (χ0n) is 36.5. The zero-order valence-corrected chi connectivity index (χ0v) is 39.8. The molecule has 4 aromatic rings. The summed E-state index contributed by atoms with van der Waals surface area (Å²) in [6.07, 6.45) is 2.21. The molecule has 0 spiro atoms. The highest BCUT2D eigenvalue weighted by Gasteiger charge is 2.32. The van der Waals surface area contributed by atoms with Gasteiger partial charge in [-0.05, 0) is 71.8 Å². The average molecular weight is 1030 g/mol. The highest BCUT2D eigenvalue weighted by Crippen LogP contribution is 2.32. The highest BCUT2D eigenvalue weighted by atomic mass is 32.2. The van der Waals surface area contributed by atoms with Crippen LogP contribution in [-0.4, -0.2) is 156 Å². The minimum atomic E-state index is -5.03. The monoisotopic (exact) mass is 1020 g/mol. The summed E-state index contributed by atoms with van der Waals surface area (Å²) in [6.45, 7) is 1.20. The Balaban J connectivity index is 1.24. The molecule has 22 nitrogen and oxygen atoms in total. The Morgan fingerprint density at radius 2 is 0.912 bits per heavy atom. The third-order valence-corrected chi connectivity index (χ3v) is 15.9. The lowest BCUT2D eigenvalue weighted by atomic mass is 10.1.